The molecule has 0 radical (unpaired) electrons. The Hall–Kier alpha value is -2.03. The fourth-order valence-corrected chi connectivity index (χ4v) is 1.93. The maximum absolute atomic E-state index is 13.4. The van der Waals surface area contributed by atoms with Crippen LogP contribution in [0, 0.1) is 12.7 Å². The van der Waals surface area contributed by atoms with Crippen molar-refractivity contribution in [3.05, 3.63) is 59.4 Å². The molecule has 2 N–H and O–H groups in total. The first-order chi connectivity index (χ1) is 8.58. The quantitative estimate of drug-likeness (QED) is 0.839. The number of nitrogens with two attached hydrogens (primary N) is 1. The van der Waals surface area contributed by atoms with Crippen molar-refractivity contribution >= 4 is 11.4 Å². The molecule has 0 aliphatic rings. The maximum atomic E-state index is 13.4. The molecule has 18 heavy (non-hydrogen) atoms. The third kappa shape index (κ3) is 2.62. The summed E-state index contributed by atoms with van der Waals surface area (Å²) < 4.78 is 13.4. The highest BCUT2D eigenvalue weighted by Crippen LogP contribution is 2.21. The van der Waals surface area contributed by atoms with Gasteiger partial charge in [0.1, 0.15) is 5.82 Å². The van der Waals surface area contributed by atoms with Gasteiger partial charge in [-0.05, 0) is 36.2 Å². The Balaban J connectivity index is 2.21. The van der Waals surface area contributed by atoms with Crippen molar-refractivity contribution in [3.63, 3.8) is 0 Å². The number of hydrogen-bond donors (Lipinski definition) is 1. The van der Waals surface area contributed by atoms with Gasteiger partial charge in [-0.25, -0.2) is 4.39 Å². The van der Waals surface area contributed by atoms with Crippen molar-refractivity contribution in [2.45, 2.75) is 13.5 Å². The Morgan fingerprint density at radius 3 is 2.61 bits per heavy atom. The Kier molecular flexibility index (Phi) is 3.51. The molecule has 0 unspecified atom stereocenters. The second-order valence-corrected chi connectivity index (χ2v) is 4.51. The minimum Gasteiger partial charge on any atom is -0.396 e. The van der Waals surface area contributed by atoms with Crippen molar-refractivity contribution in [2.24, 2.45) is 0 Å². The highest BCUT2D eigenvalue weighted by atomic mass is 19.1. The average Bonchev–Trinajstić information content (AvgIpc) is 2.35. The molecule has 0 aromatic heterocycles. The van der Waals surface area contributed by atoms with Crippen LogP contribution in [0.5, 0.6) is 0 Å². The van der Waals surface area contributed by atoms with Gasteiger partial charge in [0.2, 0.25) is 0 Å². The third-order valence-electron chi connectivity index (χ3n) is 2.99. The van der Waals surface area contributed by atoms with Crippen molar-refractivity contribution in [1.29, 1.82) is 0 Å². The van der Waals surface area contributed by atoms with Crippen molar-refractivity contribution in [3.8, 4) is 0 Å². The van der Waals surface area contributed by atoms with Crippen LogP contribution < -0.4 is 10.6 Å². The van der Waals surface area contributed by atoms with E-state index in [4.69, 9.17) is 5.73 Å². The van der Waals surface area contributed by atoms with Gasteiger partial charge in [0, 0.05) is 19.3 Å². The summed E-state index contributed by atoms with van der Waals surface area (Å²) in [6, 6.07) is 13.1. The normalized spacial score (nSPS) is 10.4. The Labute approximate surface area is 107 Å². The number of rotatable bonds is 3. The maximum Gasteiger partial charge on any atom is 0.146 e. The molecular formula is C15H17FN2. The number of aryl methyl sites for hydroxylation is 1. The third-order valence-corrected chi connectivity index (χ3v) is 2.99. The van der Waals surface area contributed by atoms with E-state index in [9.17, 15) is 4.39 Å². The van der Waals surface area contributed by atoms with Gasteiger partial charge in [0.15, 0.2) is 0 Å². The van der Waals surface area contributed by atoms with E-state index in [-0.39, 0.29) is 11.5 Å². The van der Waals surface area contributed by atoms with Crippen molar-refractivity contribution in [2.75, 3.05) is 17.7 Å². The van der Waals surface area contributed by atoms with Crippen LogP contribution in [0.4, 0.5) is 15.8 Å². The standard InChI is InChI=1S/C15H17FN2/c1-11-5-3-7-13(9-11)18(2)10-12-6-4-8-14(16)15(12)17/h3-9H,10,17H2,1-2H3. The van der Waals surface area contributed by atoms with Crippen LogP contribution in [0.25, 0.3) is 0 Å². The highest BCUT2D eigenvalue weighted by Gasteiger charge is 2.07. The first-order valence-electron chi connectivity index (χ1n) is 5.88. The number of hydrogen-bond acceptors (Lipinski definition) is 2. The van der Waals surface area contributed by atoms with E-state index >= 15 is 0 Å². The molecule has 0 amide bonds. The second-order valence-electron chi connectivity index (χ2n) is 4.51. The fourth-order valence-electron chi connectivity index (χ4n) is 1.93. The number of benzene rings is 2. The number of halogens is 1. The molecule has 94 valence electrons. The molecule has 2 nitrogen and oxygen atoms in total. The zero-order chi connectivity index (χ0) is 13.1. The van der Waals surface area contributed by atoms with E-state index in [1.54, 1.807) is 6.07 Å². The molecule has 0 atom stereocenters. The van der Waals surface area contributed by atoms with Crippen LogP contribution in [0.1, 0.15) is 11.1 Å². The summed E-state index contributed by atoms with van der Waals surface area (Å²) in [5, 5.41) is 0. The molecule has 0 heterocycles. The lowest BCUT2D eigenvalue weighted by Gasteiger charge is -2.20. The number of para-hydroxylation sites is 1. The molecule has 2 aromatic rings. The Bertz CT molecular complexity index is 552. The van der Waals surface area contributed by atoms with E-state index in [1.165, 1.54) is 11.6 Å². The van der Waals surface area contributed by atoms with E-state index in [2.05, 4.69) is 11.0 Å². The van der Waals surface area contributed by atoms with Gasteiger partial charge in [-0.1, -0.05) is 24.3 Å². The summed E-state index contributed by atoms with van der Waals surface area (Å²) in [7, 11) is 1.97. The van der Waals surface area contributed by atoms with Crippen LogP contribution in [-0.2, 0) is 6.54 Å². The molecule has 0 aliphatic carbocycles. The summed E-state index contributed by atoms with van der Waals surface area (Å²) >= 11 is 0. The summed E-state index contributed by atoms with van der Waals surface area (Å²) in [6.45, 7) is 2.64. The second kappa shape index (κ2) is 5.08. The fraction of sp³-hybridized carbons (Fsp3) is 0.200. The van der Waals surface area contributed by atoms with Crippen molar-refractivity contribution in [1.82, 2.24) is 0 Å². The van der Waals surface area contributed by atoms with Crippen LogP contribution >= 0.6 is 0 Å². The number of anilines is 2. The highest BCUT2D eigenvalue weighted by molar-refractivity contribution is 5.53. The molecule has 0 spiro atoms. The average molecular weight is 244 g/mol. The smallest absolute Gasteiger partial charge is 0.146 e. The van der Waals surface area contributed by atoms with Gasteiger partial charge in [-0.15, -0.1) is 0 Å². The molecule has 0 bridgehead atoms. The number of nitrogen functional groups attached to an aromatic ring is 1. The molecular weight excluding hydrogens is 227 g/mol. The van der Waals surface area contributed by atoms with Crippen LogP contribution in [-0.4, -0.2) is 7.05 Å². The number of nitrogens with zero attached hydrogens (tertiary/aromatic N) is 1. The predicted octanol–water partition coefficient (Wildman–Crippen LogP) is 3.35. The van der Waals surface area contributed by atoms with E-state index in [0.717, 1.165) is 11.3 Å². The molecule has 0 saturated heterocycles. The van der Waals surface area contributed by atoms with E-state index in [0.29, 0.717) is 6.54 Å². The summed E-state index contributed by atoms with van der Waals surface area (Å²) in [6.07, 6.45) is 0. The first-order valence-corrected chi connectivity index (χ1v) is 5.88. The zero-order valence-electron chi connectivity index (χ0n) is 10.7. The Morgan fingerprint density at radius 2 is 1.89 bits per heavy atom. The molecule has 0 fully saturated rings. The summed E-state index contributed by atoms with van der Waals surface area (Å²) in [4.78, 5) is 2.05. The molecule has 0 saturated carbocycles. The van der Waals surface area contributed by atoms with Crippen molar-refractivity contribution < 1.29 is 4.39 Å². The van der Waals surface area contributed by atoms with Crippen LogP contribution in [0.2, 0.25) is 0 Å². The summed E-state index contributed by atoms with van der Waals surface area (Å²) in [5.41, 5.74) is 9.07. The lowest BCUT2D eigenvalue weighted by molar-refractivity contribution is 0.630. The SMILES string of the molecule is Cc1cccc(N(C)Cc2cccc(F)c2N)c1. The monoisotopic (exact) mass is 244 g/mol. The molecule has 2 rings (SSSR count). The van der Waals surface area contributed by atoms with Gasteiger partial charge < -0.3 is 10.6 Å². The van der Waals surface area contributed by atoms with Gasteiger partial charge in [-0.2, -0.15) is 0 Å². The van der Waals surface area contributed by atoms with Gasteiger partial charge in [-0.3, -0.25) is 0 Å². The van der Waals surface area contributed by atoms with E-state index < -0.39 is 0 Å². The summed E-state index contributed by atoms with van der Waals surface area (Å²) in [5.74, 6) is -0.356. The molecule has 3 heteroatoms. The topological polar surface area (TPSA) is 29.3 Å². The predicted molar refractivity (Wildman–Crippen MR) is 74.1 cm³/mol. The van der Waals surface area contributed by atoms with E-state index in [1.807, 2.05) is 38.2 Å². The minimum atomic E-state index is -0.356. The van der Waals surface area contributed by atoms with Crippen LogP contribution in [0.3, 0.4) is 0 Å². The van der Waals surface area contributed by atoms with Gasteiger partial charge >= 0.3 is 0 Å². The lowest BCUT2D eigenvalue weighted by Crippen LogP contribution is -2.17. The van der Waals surface area contributed by atoms with Crippen LogP contribution in [0.15, 0.2) is 42.5 Å². The minimum absolute atomic E-state index is 0.233. The Morgan fingerprint density at radius 1 is 1.17 bits per heavy atom. The molecule has 2 aromatic carbocycles. The van der Waals surface area contributed by atoms with Gasteiger partial charge in [0.05, 0.1) is 5.69 Å². The lowest BCUT2D eigenvalue weighted by atomic mass is 10.1. The zero-order valence-corrected chi connectivity index (χ0v) is 10.7. The molecule has 0 aliphatic heterocycles. The van der Waals surface area contributed by atoms with Gasteiger partial charge in [0.25, 0.3) is 0 Å². The first kappa shape index (κ1) is 12.4. The largest absolute Gasteiger partial charge is 0.396 e.